The summed E-state index contributed by atoms with van der Waals surface area (Å²) < 4.78 is 1.76. The second-order valence-corrected chi connectivity index (χ2v) is 9.52. The number of halogens is 1. The number of nitrogens with zero attached hydrogens (tertiary/aromatic N) is 3. The first-order valence-corrected chi connectivity index (χ1v) is 10.8. The van der Waals surface area contributed by atoms with Crippen molar-refractivity contribution in [2.75, 3.05) is 24.3 Å². The second-order valence-electron chi connectivity index (χ2n) is 9.25. The Morgan fingerprint density at radius 2 is 1.80 bits per heavy atom. The van der Waals surface area contributed by atoms with E-state index >= 15 is 0 Å². The lowest BCUT2D eigenvalue weighted by molar-refractivity contribution is -0.141. The fraction of sp³-hybridized carbons (Fsp3) is 0.522. The normalized spacial score (nSPS) is 12.0. The van der Waals surface area contributed by atoms with E-state index < -0.39 is 5.41 Å². The number of hydrogen-bond donors (Lipinski definition) is 1. The van der Waals surface area contributed by atoms with Gasteiger partial charge in [-0.05, 0) is 39.3 Å². The average molecular weight is 433 g/mol. The molecule has 2 amide bonds. The van der Waals surface area contributed by atoms with Crippen molar-refractivity contribution < 1.29 is 9.59 Å². The number of rotatable bonds is 7. The molecule has 1 aromatic carbocycles. The molecule has 0 fully saturated rings. The van der Waals surface area contributed by atoms with Crippen molar-refractivity contribution in [3.63, 3.8) is 0 Å². The summed E-state index contributed by atoms with van der Waals surface area (Å²) in [5.41, 5.74) is 1.91. The Labute approximate surface area is 184 Å². The van der Waals surface area contributed by atoms with E-state index in [9.17, 15) is 9.59 Å². The Kier molecular flexibility index (Phi) is 7.35. The number of alkyl halides is 1. The fourth-order valence-electron chi connectivity index (χ4n) is 2.99. The van der Waals surface area contributed by atoms with Crippen LogP contribution in [0.3, 0.4) is 0 Å². The lowest BCUT2D eigenvalue weighted by Gasteiger charge is -2.29. The van der Waals surface area contributed by atoms with E-state index in [0.29, 0.717) is 12.4 Å². The van der Waals surface area contributed by atoms with Crippen molar-refractivity contribution in [1.82, 2.24) is 14.7 Å². The van der Waals surface area contributed by atoms with Crippen LogP contribution in [0.25, 0.3) is 5.69 Å². The van der Waals surface area contributed by atoms with Gasteiger partial charge in [0.2, 0.25) is 11.8 Å². The summed E-state index contributed by atoms with van der Waals surface area (Å²) in [6.45, 7) is 14.0. The number of aromatic nitrogens is 2. The van der Waals surface area contributed by atoms with Crippen molar-refractivity contribution in [3.05, 3.63) is 41.6 Å². The van der Waals surface area contributed by atoms with E-state index in [-0.39, 0.29) is 29.7 Å². The topological polar surface area (TPSA) is 67.2 Å². The Hall–Kier alpha value is -2.34. The first kappa shape index (κ1) is 23.9. The van der Waals surface area contributed by atoms with E-state index in [1.54, 1.807) is 18.5 Å². The summed E-state index contributed by atoms with van der Waals surface area (Å²) in [6, 6.07) is 9.78. The SMILES string of the molecule is CCN(CC(=O)Nc1cc(C(C)(C)C)nn1-c1ccccc1C)C(=O)C(C)(C)CCl. The molecular formula is C23H33ClN4O2. The number of amides is 2. The largest absolute Gasteiger partial charge is 0.333 e. The summed E-state index contributed by atoms with van der Waals surface area (Å²) >= 11 is 5.94. The minimum Gasteiger partial charge on any atom is -0.333 e. The van der Waals surface area contributed by atoms with Gasteiger partial charge in [0.1, 0.15) is 5.82 Å². The molecule has 7 heteroatoms. The molecule has 0 saturated carbocycles. The fourth-order valence-corrected chi connectivity index (χ4v) is 3.10. The molecule has 0 aliphatic carbocycles. The number of benzene rings is 1. The average Bonchev–Trinajstić information content (AvgIpc) is 3.09. The predicted molar refractivity (Wildman–Crippen MR) is 122 cm³/mol. The van der Waals surface area contributed by atoms with E-state index in [0.717, 1.165) is 16.9 Å². The van der Waals surface area contributed by atoms with Crippen LogP contribution in [-0.2, 0) is 15.0 Å². The van der Waals surface area contributed by atoms with Crippen LogP contribution < -0.4 is 5.32 Å². The molecule has 0 atom stereocenters. The number of nitrogens with one attached hydrogen (secondary N) is 1. The molecule has 0 saturated heterocycles. The molecule has 0 bridgehead atoms. The smallest absolute Gasteiger partial charge is 0.245 e. The van der Waals surface area contributed by atoms with Gasteiger partial charge in [0, 0.05) is 23.9 Å². The molecule has 0 aliphatic heterocycles. The first-order valence-electron chi connectivity index (χ1n) is 10.2. The van der Waals surface area contributed by atoms with Crippen molar-refractivity contribution in [2.45, 2.75) is 53.9 Å². The number of likely N-dealkylation sites (N-methyl/N-ethyl adjacent to an activating group) is 1. The maximum atomic E-state index is 12.8. The van der Waals surface area contributed by atoms with Crippen molar-refractivity contribution in [2.24, 2.45) is 5.41 Å². The Bertz CT molecular complexity index is 912. The molecule has 2 aromatic rings. The number of carbonyl (C=O) groups is 2. The summed E-state index contributed by atoms with van der Waals surface area (Å²) in [5, 5.41) is 7.71. The van der Waals surface area contributed by atoms with Gasteiger partial charge in [-0.1, -0.05) is 39.0 Å². The van der Waals surface area contributed by atoms with Crippen LogP contribution in [0.2, 0.25) is 0 Å². The summed E-state index contributed by atoms with van der Waals surface area (Å²) in [6.07, 6.45) is 0. The van der Waals surface area contributed by atoms with Crippen molar-refractivity contribution in [3.8, 4) is 5.69 Å². The Balaban J connectivity index is 2.33. The van der Waals surface area contributed by atoms with Crippen molar-refractivity contribution >= 4 is 29.2 Å². The van der Waals surface area contributed by atoms with Crippen LogP contribution >= 0.6 is 11.6 Å². The van der Waals surface area contributed by atoms with Gasteiger partial charge in [0.05, 0.1) is 23.3 Å². The molecule has 0 radical (unpaired) electrons. The van der Waals surface area contributed by atoms with Crippen LogP contribution in [0.15, 0.2) is 30.3 Å². The van der Waals surface area contributed by atoms with Gasteiger partial charge in [0.15, 0.2) is 0 Å². The second kappa shape index (κ2) is 9.21. The van der Waals surface area contributed by atoms with Gasteiger partial charge in [-0.15, -0.1) is 11.6 Å². The number of hydrogen-bond acceptors (Lipinski definition) is 3. The van der Waals surface area contributed by atoms with Gasteiger partial charge in [-0.25, -0.2) is 4.68 Å². The Morgan fingerprint density at radius 3 is 2.33 bits per heavy atom. The monoisotopic (exact) mass is 432 g/mol. The summed E-state index contributed by atoms with van der Waals surface area (Å²) in [7, 11) is 0. The maximum absolute atomic E-state index is 12.8. The molecule has 30 heavy (non-hydrogen) atoms. The highest BCUT2D eigenvalue weighted by atomic mass is 35.5. The lowest BCUT2D eigenvalue weighted by atomic mass is 9.92. The van der Waals surface area contributed by atoms with Crippen LogP contribution in [0.1, 0.15) is 52.8 Å². The van der Waals surface area contributed by atoms with Crippen LogP contribution in [0, 0.1) is 12.3 Å². The third-order valence-electron chi connectivity index (χ3n) is 5.01. The first-order chi connectivity index (χ1) is 13.9. The highest BCUT2D eigenvalue weighted by Crippen LogP contribution is 2.27. The number of anilines is 1. The molecular weight excluding hydrogens is 400 g/mol. The molecule has 1 aromatic heterocycles. The predicted octanol–water partition coefficient (Wildman–Crippen LogP) is 4.53. The zero-order chi connectivity index (χ0) is 22.7. The number of para-hydroxylation sites is 1. The summed E-state index contributed by atoms with van der Waals surface area (Å²) in [4.78, 5) is 27.1. The molecule has 1 heterocycles. The molecule has 0 aliphatic rings. The van der Waals surface area contributed by atoms with E-state index in [2.05, 4.69) is 26.1 Å². The van der Waals surface area contributed by atoms with Crippen LogP contribution in [0.5, 0.6) is 0 Å². The molecule has 1 N–H and O–H groups in total. The van der Waals surface area contributed by atoms with E-state index in [4.69, 9.17) is 16.7 Å². The minimum absolute atomic E-state index is 0.0422. The highest BCUT2D eigenvalue weighted by molar-refractivity contribution is 6.19. The van der Waals surface area contributed by atoms with E-state index in [1.165, 1.54) is 4.90 Å². The van der Waals surface area contributed by atoms with E-state index in [1.807, 2.05) is 44.2 Å². The molecule has 164 valence electrons. The van der Waals surface area contributed by atoms with Gasteiger partial charge >= 0.3 is 0 Å². The third-order valence-corrected chi connectivity index (χ3v) is 5.67. The van der Waals surface area contributed by atoms with Gasteiger partial charge < -0.3 is 10.2 Å². The Morgan fingerprint density at radius 1 is 1.17 bits per heavy atom. The maximum Gasteiger partial charge on any atom is 0.245 e. The zero-order valence-electron chi connectivity index (χ0n) is 19.0. The molecule has 0 unspecified atom stereocenters. The quantitative estimate of drug-likeness (QED) is 0.653. The molecule has 6 nitrogen and oxygen atoms in total. The number of aryl methyl sites for hydroxylation is 1. The minimum atomic E-state index is -0.722. The lowest BCUT2D eigenvalue weighted by Crippen LogP contribution is -2.45. The summed E-state index contributed by atoms with van der Waals surface area (Å²) in [5.74, 6) is 0.363. The molecule has 2 rings (SSSR count). The van der Waals surface area contributed by atoms with Gasteiger partial charge in [-0.3, -0.25) is 9.59 Å². The van der Waals surface area contributed by atoms with Crippen molar-refractivity contribution in [1.29, 1.82) is 0 Å². The highest BCUT2D eigenvalue weighted by Gasteiger charge is 2.31. The van der Waals surface area contributed by atoms with Gasteiger partial charge in [-0.2, -0.15) is 5.10 Å². The zero-order valence-corrected chi connectivity index (χ0v) is 19.8. The molecule has 0 spiro atoms. The van der Waals surface area contributed by atoms with Gasteiger partial charge in [0.25, 0.3) is 0 Å². The van der Waals surface area contributed by atoms with Crippen LogP contribution in [0.4, 0.5) is 5.82 Å². The number of carbonyl (C=O) groups excluding carboxylic acids is 2. The van der Waals surface area contributed by atoms with Crippen LogP contribution in [-0.4, -0.2) is 45.5 Å². The standard InChI is InChI=1S/C23H33ClN4O2/c1-8-27(21(30)23(6,7)15-24)14-20(29)25-19-13-18(22(3,4)5)26-28(19)17-12-10-9-11-16(17)2/h9-13H,8,14-15H2,1-7H3,(H,25,29). The third kappa shape index (κ3) is 5.42.